The van der Waals surface area contributed by atoms with E-state index in [1.807, 2.05) is 24.3 Å². The summed E-state index contributed by atoms with van der Waals surface area (Å²) in [5.41, 5.74) is 8.03. The SMILES string of the molecule is NC1N=C(N2CCCCC2)c2ccccc2NC1C=O. The Morgan fingerprint density at radius 1 is 1.25 bits per heavy atom. The molecule has 0 bridgehead atoms. The number of carbonyl (C=O) groups excluding carboxylic acids is 1. The molecular weight excluding hydrogens is 252 g/mol. The summed E-state index contributed by atoms with van der Waals surface area (Å²) in [6, 6.07) is 7.49. The highest BCUT2D eigenvalue weighted by molar-refractivity contribution is 6.04. The van der Waals surface area contributed by atoms with E-state index in [1.165, 1.54) is 19.3 Å². The van der Waals surface area contributed by atoms with Crippen molar-refractivity contribution < 1.29 is 4.79 Å². The second-order valence-electron chi connectivity index (χ2n) is 5.34. The van der Waals surface area contributed by atoms with E-state index in [4.69, 9.17) is 5.73 Å². The number of fused-ring (bicyclic) bond motifs is 1. The molecule has 1 fully saturated rings. The zero-order valence-corrected chi connectivity index (χ0v) is 11.5. The number of likely N-dealkylation sites (tertiary alicyclic amines) is 1. The van der Waals surface area contributed by atoms with Gasteiger partial charge in [0.25, 0.3) is 0 Å². The number of carbonyl (C=O) groups is 1. The molecule has 0 amide bonds. The number of aldehydes is 1. The number of para-hydroxylation sites is 1. The number of nitrogens with zero attached hydrogens (tertiary/aromatic N) is 2. The molecule has 5 nitrogen and oxygen atoms in total. The van der Waals surface area contributed by atoms with Crippen molar-refractivity contribution in [2.75, 3.05) is 18.4 Å². The van der Waals surface area contributed by atoms with Crippen LogP contribution in [0.2, 0.25) is 0 Å². The number of benzodiazepines with no additional fused rings is 1. The van der Waals surface area contributed by atoms with E-state index in [1.54, 1.807) is 0 Å². The van der Waals surface area contributed by atoms with E-state index in [0.29, 0.717) is 0 Å². The molecule has 5 heteroatoms. The minimum Gasteiger partial charge on any atom is -0.372 e. The van der Waals surface area contributed by atoms with Gasteiger partial charge in [0.15, 0.2) is 0 Å². The maximum atomic E-state index is 11.2. The van der Waals surface area contributed by atoms with Crippen molar-refractivity contribution in [1.29, 1.82) is 0 Å². The highest BCUT2D eigenvalue weighted by atomic mass is 16.1. The highest BCUT2D eigenvalue weighted by Crippen LogP contribution is 2.24. The number of aliphatic imine (C=N–C) groups is 1. The van der Waals surface area contributed by atoms with Gasteiger partial charge in [-0.2, -0.15) is 0 Å². The molecule has 2 heterocycles. The summed E-state index contributed by atoms with van der Waals surface area (Å²) < 4.78 is 0. The average molecular weight is 272 g/mol. The molecule has 0 spiro atoms. The van der Waals surface area contributed by atoms with Crippen molar-refractivity contribution in [3.05, 3.63) is 29.8 Å². The van der Waals surface area contributed by atoms with Gasteiger partial charge in [-0.1, -0.05) is 12.1 Å². The molecule has 0 aliphatic carbocycles. The van der Waals surface area contributed by atoms with Gasteiger partial charge in [0.05, 0.1) is 0 Å². The third kappa shape index (κ3) is 2.41. The first-order valence-corrected chi connectivity index (χ1v) is 7.19. The van der Waals surface area contributed by atoms with E-state index in [2.05, 4.69) is 15.2 Å². The lowest BCUT2D eigenvalue weighted by Gasteiger charge is -2.30. The molecule has 2 atom stereocenters. The van der Waals surface area contributed by atoms with Crippen LogP contribution in [0.5, 0.6) is 0 Å². The molecule has 106 valence electrons. The molecule has 2 aliphatic rings. The van der Waals surface area contributed by atoms with E-state index in [9.17, 15) is 4.79 Å². The third-order valence-electron chi connectivity index (χ3n) is 3.93. The van der Waals surface area contributed by atoms with Crippen LogP contribution < -0.4 is 11.1 Å². The van der Waals surface area contributed by atoms with E-state index in [-0.39, 0.29) is 0 Å². The number of nitrogens with one attached hydrogen (secondary N) is 1. The van der Waals surface area contributed by atoms with Crippen LogP contribution in [-0.2, 0) is 4.79 Å². The number of anilines is 1. The molecule has 0 aromatic heterocycles. The van der Waals surface area contributed by atoms with Gasteiger partial charge in [-0.25, -0.2) is 4.99 Å². The second-order valence-corrected chi connectivity index (χ2v) is 5.34. The molecular formula is C15H20N4O. The van der Waals surface area contributed by atoms with Crippen LogP contribution in [0.3, 0.4) is 0 Å². The van der Waals surface area contributed by atoms with Gasteiger partial charge in [0, 0.05) is 24.3 Å². The predicted molar refractivity (Wildman–Crippen MR) is 79.9 cm³/mol. The standard InChI is InChI=1S/C15H20N4O/c16-14-13(10-20)17-12-7-3-2-6-11(12)15(18-14)19-8-4-1-5-9-19/h2-3,6-7,10,13-14,17H,1,4-5,8-9,16H2. The van der Waals surface area contributed by atoms with Crippen molar-refractivity contribution in [2.24, 2.45) is 10.7 Å². The first-order valence-electron chi connectivity index (χ1n) is 7.19. The molecule has 1 aromatic carbocycles. The Morgan fingerprint density at radius 3 is 2.75 bits per heavy atom. The third-order valence-corrected chi connectivity index (χ3v) is 3.93. The lowest BCUT2D eigenvalue weighted by Crippen LogP contribution is -2.41. The number of amidine groups is 1. The van der Waals surface area contributed by atoms with Crippen LogP contribution in [-0.4, -0.2) is 42.3 Å². The van der Waals surface area contributed by atoms with Gasteiger partial charge in [-0.05, 0) is 31.4 Å². The van der Waals surface area contributed by atoms with Gasteiger partial charge in [0.2, 0.25) is 0 Å². The predicted octanol–water partition coefficient (Wildman–Crippen LogP) is 1.20. The number of hydrogen-bond acceptors (Lipinski definition) is 5. The smallest absolute Gasteiger partial charge is 0.145 e. The summed E-state index contributed by atoms with van der Waals surface area (Å²) in [6.07, 6.45) is 3.93. The lowest BCUT2D eigenvalue weighted by atomic mass is 10.1. The number of hydrogen-bond donors (Lipinski definition) is 2. The summed E-state index contributed by atoms with van der Waals surface area (Å²) >= 11 is 0. The summed E-state index contributed by atoms with van der Waals surface area (Å²) in [5.74, 6) is 0.921. The van der Waals surface area contributed by atoms with Gasteiger partial charge < -0.3 is 20.7 Å². The molecule has 2 aliphatic heterocycles. The van der Waals surface area contributed by atoms with Crippen molar-refractivity contribution in [2.45, 2.75) is 31.5 Å². The van der Waals surface area contributed by atoms with E-state index < -0.39 is 12.2 Å². The normalized spacial score (nSPS) is 26.1. The molecule has 1 aromatic rings. The molecule has 0 radical (unpaired) electrons. The lowest BCUT2D eigenvalue weighted by molar-refractivity contribution is -0.108. The molecule has 3 rings (SSSR count). The van der Waals surface area contributed by atoms with Crippen LogP contribution in [0.4, 0.5) is 5.69 Å². The molecule has 0 saturated carbocycles. The largest absolute Gasteiger partial charge is 0.372 e. The molecule has 3 N–H and O–H groups in total. The van der Waals surface area contributed by atoms with Crippen molar-refractivity contribution >= 4 is 17.8 Å². The molecule has 20 heavy (non-hydrogen) atoms. The van der Waals surface area contributed by atoms with Crippen molar-refractivity contribution in [3.8, 4) is 0 Å². The summed E-state index contributed by atoms with van der Waals surface area (Å²) in [7, 11) is 0. The van der Waals surface area contributed by atoms with E-state index in [0.717, 1.165) is 36.5 Å². The minimum atomic E-state index is -0.545. The first-order chi connectivity index (χ1) is 9.79. The number of nitrogens with two attached hydrogens (primary N) is 1. The van der Waals surface area contributed by atoms with Crippen LogP contribution in [0, 0.1) is 0 Å². The fraction of sp³-hybridized carbons (Fsp3) is 0.467. The highest BCUT2D eigenvalue weighted by Gasteiger charge is 2.27. The number of benzene rings is 1. The number of rotatable bonds is 1. The van der Waals surface area contributed by atoms with Crippen molar-refractivity contribution in [3.63, 3.8) is 0 Å². The fourth-order valence-electron chi connectivity index (χ4n) is 2.83. The minimum absolute atomic E-state index is 0.474. The molecule has 1 saturated heterocycles. The summed E-state index contributed by atoms with van der Waals surface area (Å²) in [4.78, 5) is 18.1. The second kappa shape index (κ2) is 5.63. The Hall–Kier alpha value is -1.88. The monoisotopic (exact) mass is 272 g/mol. The summed E-state index contributed by atoms with van der Waals surface area (Å²) in [6.45, 7) is 2.01. The van der Waals surface area contributed by atoms with Gasteiger partial charge in [0.1, 0.15) is 24.3 Å². The Bertz CT molecular complexity index is 522. The van der Waals surface area contributed by atoms with Gasteiger partial charge >= 0.3 is 0 Å². The quantitative estimate of drug-likeness (QED) is 0.754. The van der Waals surface area contributed by atoms with Crippen LogP contribution >= 0.6 is 0 Å². The van der Waals surface area contributed by atoms with Gasteiger partial charge in [-0.15, -0.1) is 0 Å². The Labute approximate surface area is 118 Å². The maximum Gasteiger partial charge on any atom is 0.145 e. The first kappa shape index (κ1) is 13.1. The number of piperidine rings is 1. The van der Waals surface area contributed by atoms with E-state index >= 15 is 0 Å². The van der Waals surface area contributed by atoms with Crippen LogP contribution in [0.15, 0.2) is 29.3 Å². The van der Waals surface area contributed by atoms with Crippen molar-refractivity contribution in [1.82, 2.24) is 4.90 Å². The summed E-state index contributed by atoms with van der Waals surface area (Å²) in [5, 5.41) is 3.19. The van der Waals surface area contributed by atoms with Gasteiger partial charge in [-0.3, -0.25) is 0 Å². The van der Waals surface area contributed by atoms with Crippen LogP contribution in [0.25, 0.3) is 0 Å². The average Bonchev–Trinajstić information content (AvgIpc) is 2.65. The topological polar surface area (TPSA) is 70.7 Å². The zero-order valence-electron chi connectivity index (χ0n) is 11.5. The Morgan fingerprint density at radius 2 is 2.00 bits per heavy atom. The molecule has 2 unspecified atom stereocenters. The Kier molecular flexibility index (Phi) is 3.69. The maximum absolute atomic E-state index is 11.2. The fourth-order valence-corrected chi connectivity index (χ4v) is 2.83. The van der Waals surface area contributed by atoms with Crippen LogP contribution in [0.1, 0.15) is 24.8 Å². The zero-order chi connectivity index (χ0) is 13.9. The Balaban J connectivity index is 2.02.